The van der Waals surface area contributed by atoms with Gasteiger partial charge in [-0.25, -0.2) is 0 Å². The van der Waals surface area contributed by atoms with Crippen molar-refractivity contribution in [2.24, 2.45) is 0 Å². The summed E-state index contributed by atoms with van der Waals surface area (Å²) in [5.74, 6) is -2.95. The number of ether oxygens (including phenoxy) is 1. The number of rotatable bonds is 14. The fourth-order valence-electron chi connectivity index (χ4n) is 3.30. The van der Waals surface area contributed by atoms with Crippen LogP contribution in [-0.4, -0.2) is 41.3 Å². The SMILES string of the molecule is Cc1cccc(C(F)(F)COCCCCCCN[C@@H](O)Cc2ccc(O)c(CO)c2)c1. The van der Waals surface area contributed by atoms with E-state index >= 15 is 0 Å². The number of aromatic hydroxyl groups is 1. The smallest absolute Gasteiger partial charge is 0.296 e. The Balaban J connectivity index is 1.52. The molecule has 0 bridgehead atoms. The van der Waals surface area contributed by atoms with E-state index < -0.39 is 18.8 Å². The molecule has 0 aromatic heterocycles. The second-order valence-electron chi connectivity index (χ2n) is 7.84. The lowest BCUT2D eigenvalue weighted by Crippen LogP contribution is -2.31. The van der Waals surface area contributed by atoms with Crippen LogP contribution < -0.4 is 5.32 Å². The van der Waals surface area contributed by atoms with Crippen LogP contribution in [0, 0.1) is 6.92 Å². The zero-order valence-electron chi connectivity index (χ0n) is 18.0. The van der Waals surface area contributed by atoms with Gasteiger partial charge >= 0.3 is 0 Å². The number of halogens is 2. The van der Waals surface area contributed by atoms with Gasteiger partial charge in [-0.3, -0.25) is 5.32 Å². The summed E-state index contributed by atoms with van der Waals surface area (Å²) < 4.78 is 33.4. The third kappa shape index (κ3) is 8.91. The van der Waals surface area contributed by atoms with Crippen molar-refractivity contribution in [1.82, 2.24) is 5.32 Å². The molecule has 0 amide bonds. The van der Waals surface area contributed by atoms with Crippen LogP contribution in [0.4, 0.5) is 8.78 Å². The van der Waals surface area contributed by atoms with Crippen LogP contribution in [0.1, 0.15) is 47.9 Å². The average Bonchev–Trinajstić information content (AvgIpc) is 2.74. The molecular formula is C24H33F2NO4. The van der Waals surface area contributed by atoms with Gasteiger partial charge in [-0.05, 0) is 44.0 Å². The highest BCUT2D eigenvalue weighted by molar-refractivity contribution is 5.35. The first-order valence-electron chi connectivity index (χ1n) is 10.7. The Labute approximate surface area is 182 Å². The highest BCUT2D eigenvalue weighted by atomic mass is 19.3. The van der Waals surface area contributed by atoms with Crippen molar-refractivity contribution in [2.75, 3.05) is 19.8 Å². The number of hydrogen-bond donors (Lipinski definition) is 4. The number of phenols is 1. The molecule has 0 spiro atoms. The van der Waals surface area contributed by atoms with E-state index in [4.69, 9.17) is 4.74 Å². The van der Waals surface area contributed by atoms with E-state index in [1.165, 1.54) is 18.2 Å². The van der Waals surface area contributed by atoms with Crippen molar-refractivity contribution in [3.63, 3.8) is 0 Å². The zero-order valence-corrected chi connectivity index (χ0v) is 18.0. The largest absolute Gasteiger partial charge is 0.508 e. The van der Waals surface area contributed by atoms with Gasteiger partial charge in [0, 0.05) is 24.2 Å². The summed E-state index contributed by atoms with van der Waals surface area (Å²) in [5, 5.41) is 31.8. The summed E-state index contributed by atoms with van der Waals surface area (Å²) >= 11 is 0. The minimum absolute atomic E-state index is 0.0166. The van der Waals surface area contributed by atoms with Gasteiger partial charge in [0.05, 0.1) is 6.61 Å². The van der Waals surface area contributed by atoms with Crippen LogP contribution in [-0.2, 0) is 23.7 Å². The third-order valence-electron chi connectivity index (χ3n) is 5.06. The van der Waals surface area contributed by atoms with E-state index in [-0.39, 0.29) is 17.9 Å². The first-order valence-corrected chi connectivity index (χ1v) is 10.7. The van der Waals surface area contributed by atoms with Crippen LogP contribution in [0.15, 0.2) is 42.5 Å². The molecule has 0 heterocycles. The van der Waals surface area contributed by atoms with Crippen LogP contribution in [0.5, 0.6) is 5.75 Å². The topological polar surface area (TPSA) is 82.0 Å². The number of unbranched alkanes of at least 4 members (excludes halogenated alkanes) is 3. The standard InChI is InChI=1S/C24H33F2NO4/c1-18-7-6-8-21(13-18)24(25,26)17-31-12-5-3-2-4-11-27-23(30)15-19-9-10-22(29)20(14-19)16-28/h6-10,13-14,23,27-30H,2-5,11-12,15-17H2,1H3/t23-/m0/s1. The highest BCUT2D eigenvalue weighted by Crippen LogP contribution is 2.28. The monoisotopic (exact) mass is 437 g/mol. The predicted octanol–water partition coefficient (Wildman–Crippen LogP) is 4.01. The van der Waals surface area contributed by atoms with Crippen molar-refractivity contribution in [3.8, 4) is 5.75 Å². The number of nitrogens with one attached hydrogen (secondary N) is 1. The molecule has 0 aliphatic rings. The summed E-state index contributed by atoms with van der Waals surface area (Å²) in [4.78, 5) is 0. The normalized spacial score (nSPS) is 12.8. The van der Waals surface area contributed by atoms with Crippen molar-refractivity contribution in [1.29, 1.82) is 0 Å². The van der Waals surface area contributed by atoms with E-state index in [1.54, 1.807) is 31.2 Å². The highest BCUT2D eigenvalue weighted by Gasteiger charge is 2.31. The minimum atomic E-state index is -2.98. The molecule has 4 N–H and O–H groups in total. The fraction of sp³-hybridized carbons (Fsp3) is 0.500. The number of benzene rings is 2. The second kappa shape index (κ2) is 12.7. The van der Waals surface area contributed by atoms with Gasteiger partial charge in [-0.2, -0.15) is 8.78 Å². The Bertz CT molecular complexity index is 801. The maximum Gasteiger partial charge on any atom is 0.296 e. The number of aryl methyl sites for hydroxylation is 1. The molecule has 7 heteroatoms. The molecule has 2 aromatic rings. The fourth-order valence-corrected chi connectivity index (χ4v) is 3.30. The van der Waals surface area contributed by atoms with Crippen molar-refractivity contribution < 1.29 is 28.8 Å². The second-order valence-corrected chi connectivity index (χ2v) is 7.84. The van der Waals surface area contributed by atoms with Crippen LogP contribution in [0.3, 0.4) is 0 Å². The van der Waals surface area contributed by atoms with Gasteiger partial charge < -0.3 is 20.1 Å². The Morgan fingerprint density at radius 1 is 1.06 bits per heavy atom. The zero-order chi connectivity index (χ0) is 22.7. The molecule has 0 radical (unpaired) electrons. The van der Waals surface area contributed by atoms with Crippen LogP contribution in [0.25, 0.3) is 0 Å². The minimum Gasteiger partial charge on any atom is -0.508 e. The lowest BCUT2D eigenvalue weighted by Gasteiger charge is -2.17. The Morgan fingerprint density at radius 3 is 2.58 bits per heavy atom. The maximum atomic E-state index is 14.1. The third-order valence-corrected chi connectivity index (χ3v) is 5.06. The van der Waals surface area contributed by atoms with E-state index in [9.17, 15) is 24.1 Å². The molecule has 2 aromatic carbocycles. The Morgan fingerprint density at radius 2 is 1.84 bits per heavy atom. The molecular weight excluding hydrogens is 404 g/mol. The molecule has 0 unspecified atom stereocenters. The number of aliphatic hydroxyl groups is 2. The van der Waals surface area contributed by atoms with Crippen LogP contribution >= 0.6 is 0 Å². The van der Waals surface area contributed by atoms with Gasteiger partial charge in [0.25, 0.3) is 5.92 Å². The lowest BCUT2D eigenvalue weighted by molar-refractivity contribution is -0.0831. The van der Waals surface area contributed by atoms with Gasteiger partial charge in [-0.1, -0.05) is 48.7 Å². The molecule has 1 atom stereocenters. The van der Waals surface area contributed by atoms with E-state index in [2.05, 4.69) is 5.32 Å². The van der Waals surface area contributed by atoms with Gasteiger partial charge in [-0.15, -0.1) is 0 Å². The van der Waals surface area contributed by atoms with E-state index in [0.29, 0.717) is 31.6 Å². The van der Waals surface area contributed by atoms with Crippen LogP contribution in [0.2, 0.25) is 0 Å². The Hall–Kier alpha value is -2.06. The molecule has 0 saturated heterocycles. The summed E-state index contributed by atoms with van der Waals surface area (Å²) in [6.45, 7) is 1.86. The Kier molecular flexibility index (Phi) is 10.3. The van der Waals surface area contributed by atoms with Gasteiger partial charge in [0.1, 0.15) is 18.6 Å². The number of alkyl halides is 2. The predicted molar refractivity (Wildman–Crippen MR) is 116 cm³/mol. The molecule has 0 aliphatic heterocycles. The molecule has 0 aliphatic carbocycles. The van der Waals surface area contributed by atoms with E-state index in [1.807, 2.05) is 0 Å². The quantitative estimate of drug-likeness (QED) is 0.265. The lowest BCUT2D eigenvalue weighted by atomic mass is 10.1. The first kappa shape index (κ1) is 25.2. The summed E-state index contributed by atoms with van der Waals surface area (Å²) in [7, 11) is 0. The molecule has 2 rings (SSSR count). The summed E-state index contributed by atoms with van der Waals surface area (Å²) in [5.41, 5.74) is 2.04. The van der Waals surface area contributed by atoms with Crippen molar-refractivity contribution in [2.45, 2.75) is 57.8 Å². The van der Waals surface area contributed by atoms with E-state index in [0.717, 1.165) is 30.4 Å². The summed E-state index contributed by atoms with van der Waals surface area (Å²) in [6.07, 6.45) is 2.99. The molecule has 0 fully saturated rings. The number of hydrogen-bond acceptors (Lipinski definition) is 5. The molecule has 0 saturated carbocycles. The molecule has 5 nitrogen and oxygen atoms in total. The van der Waals surface area contributed by atoms with Crippen molar-refractivity contribution in [3.05, 3.63) is 64.7 Å². The van der Waals surface area contributed by atoms with Gasteiger partial charge in [0.2, 0.25) is 0 Å². The molecule has 31 heavy (non-hydrogen) atoms. The van der Waals surface area contributed by atoms with Gasteiger partial charge in [0.15, 0.2) is 0 Å². The average molecular weight is 438 g/mol. The maximum absolute atomic E-state index is 14.1. The summed E-state index contributed by atoms with van der Waals surface area (Å²) in [6, 6.07) is 11.2. The number of aliphatic hydroxyl groups excluding tert-OH is 2. The molecule has 172 valence electrons. The van der Waals surface area contributed by atoms with Crippen molar-refractivity contribution >= 4 is 0 Å². The first-order chi connectivity index (χ1) is 14.8.